The molecule has 0 bridgehead atoms. The minimum absolute atomic E-state index is 0.0741. The molecule has 0 saturated heterocycles. The Kier molecular flexibility index (Phi) is 1.97. The second-order valence-electron chi connectivity index (χ2n) is 3.36. The van der Waals surface area contributed by atoms with E-state index in [-0.39, 0.29) is 5.92 Å². The Morgan fingerprint density at radius 1 is 1.40 bits per heavy atom. The fraction of sp³-hybridized carbons (Fsp3) is 0.875. The Morgan fingerprint density at radius 2 is 2.00 bits per heavy atom. The Morgan fingerprint density at radius 3 is 2.20 bits per heavy atom. The van der Waals surface area contributed by atoms with Gasteiger partial charge in [0.2, 0.25) is 0 Å². The molecule has 0 unspecified atom stereocenters. The molecule has 1 rings (SSSR count). The lowest BCUT2D eigenvalue weighted by molar-refractivity contribution is -0.142. The topological polar surface area (TPSA) is 37.3 Å². The molecular weight excluding hydrogens is 128 g/mol. The van der Waals surface area contributed by atoms with Crippen LogP contribution in [0.3, 0.4) is 0 Å². The molecule has 58 valence electrons. The van der Waals surface area contributed by atoms with Crippen LogP contribution in [0, 0.1) is 17.8 Å². The third-order valence-electron chi connectivity index (χ3n) is 2.78. The van der Waals surface area contributed by atoms with Gasteiger partial charge < -0.3 is 5.11 Å². The van der Waals surface area contributed by atoms with E-state index in [2.05, 4.69) is 6.92 Å². The molecule has 1 aliphatic carbocycles. The fourth-order valence-electron chi connectivity index (χ4n) is 1.71. The molecule has 0 spiro atoms. The molecule has 10 heavy (non-hydrogen) atoms. The average Bonchev–Trinajstić information content (AvgIpc) is 2.14. The quantitative estimate of drug-likeness (QED) is 0.605. The number of hydrogen-bond donors (Lipinski definition) is 1. The summed E-state index contributed by atoms with van der Waals surface area (Å²) < 4.78 is 0. The first-order valence-electron chi connectivity index (χ1n) is 3.85. The van der Waals surface area contributed by atoms with E-state index in [0.29, 0.717) is 11.8 Å². The van der Waals surface area contributed by atoms with Crippen molar-refractivity contribution in [2.24, 2.45) is 17.8 Å². The van der Waals surface area contributed by atoms with Crippen molar-refractivity contribution in [3.05, 3.63) is 0 Å². The van der Waals surface area contributed by atoms with Gasteiger partial charge in [-0.2, -0.15) is 0 Å². The summed E-state index contributed by atoms with van der Waals surface area (Å²) >= 11 is 0. The van der Waals surface area contributed by atoms with E-state index >= 15 is 0 Å². The SMILES string of the molecule is C[C@H]1[C@@H](C)CC[C@H]1C(=O)O. The molecule has 0 aromatic rings. The Hall–Kier alpha value is -0.530. The lowest BCUT2D eigenvalue weighted by Crippen LogP contribution is -2.18. The highest BCUT2D eigenvalue weighted by Gasteiger charge is 2.34. The smallest absolute Gasteiger partial charge is 0.306 e. The molecule has 0 aliphatic heterocycles. The number of carboxylic acids is 1. The van der Waals surface area contributed by atoms with Crippen molar-refractivity contribution in [2.45, 2.75) is 26.7 Å². The van der Waals surface area contributed by atoms with Crippen LogP contribution < -0.4 is 0 Å². The first kappa shape index (κ1) is 7.58. The largest absolute Gasteiger partial charge is 0.481 e. The van der Waals surface area contributed by atoms with Gasteiger partial charge in [-0.15, -0.1) is 0 Å². The van der Waals surface area contributed by atoms with Gasteiger partial charge >= 0.3 is 5.97 Å². The standard InChI is InChI=1S/C8H14O2/c1-5-3-4-7(6(5)2)8(9)10/h5-7H,3-4H2,1-2H3,(H,9,10)/t5-,6-,7+/m0/s1. The lowest BCUT2D eigenvalue weighted by Gasteiger charge is -2.12. The maximum atomic E-state index is 10.6. The summed E-state index contributed by atoms with van der Waals surface area (Å²) in [6.07, 6.45) is 1.95. The molecule has 0 amide bonds. The molecule has 1 N–H and O–H groups in total. The molecule has 1 saturated carbocycles. The van der Waals surface area contributed by atoms with Gasteiger partial charge in [0.25, 0.3) is 0 Å². The summed E-state index contributed by atoms with van der Waals surface area (Å²) in [5, 5.41) is 8.70. The normalized spacial score (nSPS) is 40.0. The number of aliphatic carboxylic acids is 1. The van der Waals surface area contributed by atoms with E-state index in [9.17, 15) is 4.79 Å². The molecule has 3 atom stereocenters. The van der Waals surface area contributed by atoms with Gasteiger partial charge in [-0.05, 0) is 24.7 Å². The Bertz CT molecular complexity index is 142. The second kappa shape index (κ2) is 2.60. The predicted octanol–water partition coefficient (Wildman–Crippen LogP) is 1.75. The molecule has 1 fully saturated rings. The first-order chi connectivity index (χ1) is 4.63. The van der Waals surface area contributed by atoms with Crippen molar-refractivity contribution in [2.75, 3.05) is 0 Å². The fourth-order valence-corrected chi connectivity index (χ4v) is 1.71. The Balaban J connectivity index is 2.57. The van der Waals surface area contributed by atoms with Crippen LogP contribution in [-0.2, 0) is 4.79 Å². The van der Waals surface area contributed by atoms with Crippen LogP contribution in [0.5, 0.6) is 0 Å². The summed E-state index contributed by atoms with van der Waals surface area (Å²) in [7, 11) is 0. The monoisotopic (exact) mass is 142 g/mol. The van der Waals surface area contributed by atoms with Crippen molar-refractivity contribution >= 4 is 5.97 Å². The number of hydrogen-bond acceptors (Lipinski definition) is 1. The van der Waals surface area contributed by atoms with Crippen LogP contribution in [0.1, 0.15) is 26.7 Å². The van der Waals surface area contributed by atoms with Crippen LogP contribution in [0.2, 0.25) is 0 Å². The van der Waals surface area contributed by atoms with Gasteiger partial charge in [0.05, 0.1) is 5.92 Å². The van der Waals surface area contributed by atoms with E-state index in [4.69, 9.17) is 5.11 Å². The zero-order chi connectivity index (χ0) is 7.72. The zero-order valence-corrected chi connectivity index (χ0v) is 6.50. The van der Waals surface area contributed by atoms with Gasteiger partial charge in [-0.1, -0.05) is 13.8 Å². The number of carbonyl (C=O) groups is 1. The van der Waals surface area contributed by atoms with Crippen molar-refractivity contribution in [1.82, 2.24) is 0 Å². The number of carboxylic acid groups (broad SMARTS) is 1. The molecule has 1 aliphatic rings. The van der Waals surface area contributed by atoms with Gasteiger partial charge in [0.15, 0.2) is 0 Å². The van der Waals surface area contributed by atoms with Crippen molar-refractivity contribution in [3.8, 4) is 0 Å². The molecule has 0 aromatic heterocycles. The van der Waals surface area contributed by atoms with E-state index in [1.54, 1.807) is 0 Å². The van der Waals surface area contributed by atoms with Crippen LogP contribution in [0.4, 0.5) is 0 Å². The zero-order valence-electron chi connectivity index (χ0n) is 6.50. The van der Waals surface area contributed by atoms with Crippen molar-refractivity contribution in [3.63, 3.8) is 0 Å². The summed E-state index contributed by atoms with van der Waals surface area (Å²) in [6, 6.07) is 0. The maximum absolute atomic E-state index is 10.6. The molecular formula is C8H14O2. The maximum Gasteiger partial charge on any atom is 0.306 e. The molecule has 2 heteroatoms. The van der Waals surface area contributed by atoms with Gasteiger partial charge in [-0.3, -0.25) is 4.79 Å². The van der Waals surface area contributed by atoms with E-state index in [1.807, 2.05) is 6.92 Å². The summed E-state index contributed by atoms with van der Waals surface area (Å²) in [6.45, 7) is 4.17. The first-order valence-corrected chi connectivity index (χ1v) is 3.85. The van der Waals surface area contributed by atoms with E-state index < -0.39 is 5.97 Å². The second-order valence-corrected chi connectivity index (χ2v) is 3.36. The van der Waals surface area contributed by atoms with Crippen LogP contribution in [-0.4, -0.2) is 11.1 Å². The minimum atomic E-state index is -0.614. The Labute approximate surface area is 61.2 Å². The third-order valence-corrected chi connectivity index (χ3v) is 2.78. The van der Waals surface area contributed by atoms with E-state index in [0.717, 1.165) is 12.8 Å². The number of rotatable bonds is 1. The van der Waals surface area contributed by atoms with E-state index in [1.165, 1.54) is 0 Å². The summed E-state index contributed by atoms with van der Waals surface area (Å²) in [5.74, 6) is 0.283. The van der Waals surface area contributed by atoms with Crippen LogP contribution in [0.15, 0.2) is 0 Å². The van der Waals surface area contributed by atoms with Crippen LogP contribution >= 0.6 is 0 Å². The molecule has 2 nitrogen and oxygen atoms in total. The third kappa shape index (κ3) is 1.15. The summed E-state index contributed by atoms with van der Waals surface area (Å²) in [5.41, 5.74) is 0. The van der Waals surface area contributed by atoms with Gasteiger partial charge in [0, 0.05) is 0 Å². The van der Waals surface area contributed by atoms with Crippen molar-refractivity contribution < 1.29 is 9.90 Å². The lowest BCUT2D eigenvalue weighted by atomic mass is 9.93. The highest BCUT2D eigenvalue weighted by molar-refractivity contribution is 5.70. The van der Waals surface area contributed by atoms with Gasteiger partial charge in [0.1, 0.15) is 0 Å². The minimum Gasteiger partial charge on any atom is -0.481 e. The van der Waals surface area contributed by atoms with Crippen molar-refractivity contribution in [1.29, 1.82) is 0 Å². The summed E-state index contributed by atoms with van der Waals surface area (Å²) in [4.78, 5) is 10.6. The average molecular weight is 142 g/mol. The highest BCUT2D eigenvalue weighted by atomic mass is 16.4. The van der Waals surface area contributed by atoms with Gasteiger partial charge in [-0.25, -0.2) is 0 Å². The molecule has 0 heterocycles. The predicted molar refractivity (Wildman–Crippen MR) is 38.7 cm³/mol. The molecule has 0 aromatic carbocycles. The molecule has 0 radical (unpaired) electrons. The highest BCUT2D eigenvalue weighted by Crippen LogP contribution is 2.36. The van der Waals surface area contributed by atoms with Crippen LogP contribution in [0.25, 0.3) is 0 Å².